The van der Waals surface area contributed by atoms with Gasteiger partial charge in [-0.25, -0.2) is 13.2 Å². The lowest BCUT2D eigenvalue weighted by Gasteiger charge is -2.36. The Labute approximate surface area is 169 Å². The average Bonchev–Trinajstić information content (AvgIpc) is 2.93. The van der Waals surface area contributed by atoms with Crippen molar-refractivity contribution in [2.45, 2.75) is 10.5 Å². The molecule has 7 nitrogen and oxygen atoms in total. The van der Waals surface area contributed by atoms with Gasteiger partial charge in [0.15, 0.2) is 5.60 Å². The molecule has 5 rings (SSSR count). The summed E-state index contributed by atoms with van der Waals surface area (Å²) < 4.78 is 35.1. The Morgan fingerprint density at radius 2 is 1.38 bits per heavy atom. The van der Waals surface area contributed by atoms with Gasteiger partial charge in [0.2, 0.25) is 0 Å². The standard InChI is InChI=1S/C20H11ClO7S/c21-29(25,26)12-3-6-14-13(9-12)19(24)28-20(14)15-4-1-10(22)7-17(15)27-18-8-11(23)2-5-16(18)20/h1-9,22-23H. The number of hydrogen-bond donors (Lipinski definition) is 2. The zero-order valence-corrected chi connectivity index (χ0v) is 16.0. The van der Waals surface area contributed by atoms with Gasteiger partial charge >= 0.3 is 5.97 Å². The van der Waals surface area contributed by atoms with E-state index >= 15 is 0 Å². The van der Waals surface area contributed by atoms with Crippen LogP contribution in [0.5, 0.6) is 23.0 Å². The van der Waals surface area contributed by atoms with E-state index in [9.17, 15) is 23.4 Å². The van der Waals surface area contributed by atoms with Crippen molar-refractivity contribution in [3.8, 4) is 23.0 Å². The Balaban J connectivity index is 1.87. The van der Waals surface area contributed by atoms with Crippen LogP contribution in [-0.2, 0) is 19.4 Å². The van der Waals surface area contributed by atoms with Gasteiger partial charge in [0.05, 0.1) is 10.5 Å². The molecule has 0 fully saturated rings. The zero-order chi connectivity index (χ0) is 20.6. The second-order valence-electron chi connectivity index (χ2n) is 6.68. The minimum absolute atomic E-state index is 0.0478. The SMILES string of the molecule is O=C1OC2(c3ccc(O)cc3Oc3cc(O)ccc32)c2ccc(S(=O)(=O)Cl)cc21. The first-order valence-electron chi connectivity index (χ1n) is 8.37. The summed E-state index contributed by atoms with van der Waals surface area (Å²) in [7, 11) is 1.38. The molecule has 0 radical (unpaired) electrons. The Kier molecular flexibility index (Phi) is 3.48. The van der Waals surface area contributed by atoms with Crippen molar-refractivity contribution in [2.24, 2.45) is 0 Å². The van der Waals surface area contributed by atoms with E-state index in [1.165, 1.54) is 42.5 Å². The second-order valence-corrected chi connectivity index (χ2v) is 9.24. The number of benzene rings is 3. The first-order chi connectivity index (χ1) is 13.7. The molecule has 3 aromatic carbocycles. The molecule has 0 aliphatic carbocycles. The van der Waals surface area contributed by atoms with Crippen molar-refractivity contribution >= 4 is 25.7 Å². The number of halogens is 1. The van der Waals surface area contributed by atoms with Crippen molar-refractivity contribution in [2.75, 3.05) is 0 Å². The van der Waals surface area contributed by atoms with Gasteiger partial charge in [-0.3, -0.25) is 0 Å². The normalized spacial score (nSPS) is 15.8. The van der Waals surface area contributed by atoms with E-state index in [0.29, 0.717) is 16.7 Å². The highest BCUT2D eigenvalue weighted by molar-refractivity contribution is 8.13. The molecule has 146 valence electrons. The van der Waals surface area contributed by atoms with Crippen LogP contribution in [0.4, 0.5) is 0 Å². The molecule has 3 aromatic rings. The number of rotatable bonds is 1. The van der Waals surface area contributed by atoms with E-state index in [-0.39, 0.29) is 33.5 Å². The fourth-order valence-corrected chi connectivity index (χ4v) is 4.61. The molecule has 9 heteroatoms. The highest BCUT2D eigenvalue weighted by Crippen LogP contribution is 2.57. The van der Waals surface area contributed by atoms with Gasteiger partial charge in [-0.05, 0) is 36.4 Å². The van der Waals surface area contributed by atoms with Crippen LogP contribution in [0, 0.1) is 0 Å². The average molecular weight is 431 g/mol. The van der Waals surface area contributed by atoms with E-state index in [4.69, 9.17) is 20.2 Å². The van der Waals surface area contributed by atoms with Crippen LogP contribution >= 0.6 is 10.7 Å². The van der Waals surface area contributed by atoms with Gasteiger partial charge in [-0.1, -0.05) is 6.07 Å². The molecule has 0 atom stereocenters. The number of hydrogen-bond acceptors (Lipinski definition) is 7. The lowest BCUT2D eigenvalue weighted by molar-refractivity contribution is 0.0224. The van der Waals surface area contributed by atoms with Gasteiger partial charge in [-0.2, -0.15) is 0 Å². The highest BCUT2D eigenvalue weighted by atomic mass is 35.7. The Morgan fingerprint density at radius 1 is 0.828 bits per heavy atom. The fourth-order valence-electron chi connectivity index (χ4n) is 3.84. The number of carbonyl (C=O) groups is 1. The Bertz CT molecular complexity index is 1280. The molecule has 0 bridgehead atoms. The molecule has 0 saturated heterocycles. The Morgan fingerprint density at radius 3 is 1.93 bits per heavy atom. The largest absolute Gasteiger partial charge is 0.508 e. The lowest BCUT2D eigenvalue weighted by Crippen LogP contribution is -2.32. The first kappa shape index (κ1) is 17.8. The smallest absolute Gasteiger partial charge is 0.340 e. The van der Waals surface area contributed by atoms with Crippen LogP contribution in [0.15, 0.2) is 59.5 Å². The van der Waals surface area contributed by atoms with Crippen molar-refractivity contribution in [1.29, 1.82) is 0 Å². The summed E-state index contributed by atoms with van der Waals surface area (Å²) in [6.07, 6.45) is 0. The van der Waals surface area contributed by atoms with Gasteiger partial charge in [-0.15, -0.1) is 0 Å². The minimum atomic E-state index is -4.05. The number of fused-ring (bicyclic) bond motifs is 6. The summed E-state index contributed by atoms with van der Waals surface area (Å²) in [5, 5.41) is 19.8. The molecular formula is C20H11ClO7S. The van der Waals surface area contributed by atoms with E-state index in [2.05, 4.69) is 0 Å². The summed E-state index contributed by atoms with van der Waals surface area (Å²) in [6.45, 7) is 0. The van der Waals surface area contributed by atoms with Crippen LogP contribution in [0.25, 0.3) is 0 Å². The van der Waals surface area contributed by atoms with Crippen LogP contribution in [-0.4, -0.2) is 24.6 Å². The van der Waals surface area contributed by atoms with Gasteiger partial charge in [0.25, 0.3) is 9.05 Å². The molecule has 0 saturated carbocycles. The van der Waals surface area contributed by atoms with E-state index < -0.39 is 20.6 Å². The maximum absolute atomic E-state index is 12.8. The third kappa shape index (κ3) is 2.43. The molecule has 0 amide bonds. The summed E-state index contributed by atoms with van der Waals surface area (Å²) in [4.78, 5) is 12.5. The third-order valence-corrected chi connectivity index (χ3v) is 6.38. The summed E-state index contributed by atoms with van der Waals surface area (Å²) in [5.41, 5.74) is -0.102. The van der Waals surface area contributed by atoms with Gasteiger partial charge < -0.3 is 19.7 Å². The molecular weight excluding hydrogens is 420 g/mol. The van der Waals surface area contributed by atoms with Crippen LogP contribution in [0.2, 0.25) is 0 Å². The highest BCUT2D eigenvalue weighted by Gasteiger charge is 2.53. The first-order valence-corrected chi connectivity index (χ1v) is 10.7. The van der Waals surface area contributed by atoms with E-state index in [1.807, 2.05) is 0 Å². The monoisotopic (exact) mass is 430 g/mol. The molecule has 29 heavy (non-hydrogen) atoms. The van der Waals surface area contributed by atoms with E-state index in [1.54, 1.807) is 12.1 Å². The molecule has 2 heterocycles. The van der Waals surface area contributed by atoms with Crippen molar-refractivity contribution < 1.29 is 32.9 Å². The summed E-state index contributed by atoms with van der Waals surface area (Å²) >= 11 is 0. The van der Waals surface area contributed by atoms with Crippen molar-refractivity contribution in [3.05, 3.63) is 76.9 Å². The fraction of sp³-hybridized carbons (Fsp3) is 0.0500. The zero-order valence-electron chi connectivity index (χ0n) is 14.4. The molecule has 2 aliphatic rings. The maximum Gasteiger partial charge on any atom is 0.340 e. The van der Waals surface area contributed by atoms with Gasteiger partial charge in [0.1, 0.15) is 23.0 Å². The Hall–Kier alpha value is -3.23. The maximum atomic E-state index is 12.8. The summed E-state index contributed by atoms with van der Waals surface area (Å²) in [6, 6.07) is 12.7. The van der Waals surface area contributed by atoms with Crippen LogP contribution in [0.1, 0.15) is 27.0 Å². The molecule has 2 N–H and O–H groups in total. The molecule has 2 aliphatic heterocycles. The number of carbonyl (C=O) groups excluding carboxylic acids is 1. The quantitative estimate of drug-likeness (QED) is 0.448. The summed E-state index contributed by atoms with van der Waals surface area (Å²) in [5.74, 6) is -0.385. The van der Waals surface area contributed by atoms with Crippen molar-refractivity contribution in [1.82, 2.24) is 0 Å². The van der Waals surface area contributed by atoms with Crippen LogP contribution < -0.4 is 4.74 Å². The predicted octanol–water partition coefficient (Wildman–Crippen LogP) is 3.59. The second kappa shape index (κ2) is 5.65. The van der Waals surface area contributed by atoms with E-state index in [0.717, 1.165) is 0 Å². The molecule has 0 aromatic heterocycles. The van der Waals surface area contributed by atoms with Crippen molar-refractivity contribution in [3.63, 3.8) is 0 Å². The molecule has 0 unspecified atom stereocenters. The predicted molar refractivity (Wildman–Crippen MR) is 101 cm³/mol. The topological polar surface area (TPSA) is 110 Å². The number of phenolic OH excluding ortho intramolecular Hbond substituents is 2. The lowest BCUT2D eigenvalue weighted by atomic mass is 9.77. The number of ether oxygens (including phenoxy) is 2. The van der Waals surface area contributed by atoms with Crippen LogP contribution in [0.3, 0.4) is 0 Å². The molecule has 1 spiro atoms. The number of aromatic hydroxyl groups is 2. The number of esters is 1. The number of phenols is 2. The third-order valence-electron chi connectivity index (χ3n) is 5.03. The minimum Gasteiger partial charge on any atom is -0.508 e. The van der Waals surface area contributed by atoms with Gasteiger partial charge in [0, 0.05) is 39.5 Å².